The highest BCUT2D eigenvalue weighted by Gasteiger charge is 2.30. The highest BCUT2D eigenvalue weighted by molar-refractivity contribution is 5.37. The Morgan fingerprint density at radius 2 is 2.29 bits per heavy atom. The predicted molar refractivity (Wildman–Crippen MR) is 55.9 cm³/mol. The summed E-state index contributed by atoms with van der Waals surface area (Å²) in [6, 6.07) is 5.44. The van der Waals surface area contributed by atoms with Gasteiger partial charge in [-0.1, -0.05) is 19.1 Å². The van der Waals surface area contributed by atoms with Crippen LogP contribution in [0.1, 0.15) is 24.0 Å². The summed E-state index contributed by atoms with van der Waals surface area (Å²) in [6.45, 7) is 3.14. The van der Waals surface area contributed by atoms with E-state index in [1.807, 2.05) is 13.1 Å². The number of halogens is 1. The molecule has 1 aromatic carbocycles. The van der Waals surface area contributed by atoms with Crippen LogP contribution in [0, 0.1) is 11.7 Å². The molecule has 2 rings (SSSR count). The van der Waals surface area contributed by atoms with E-state index >= 15 is 0 Å². The van der Waals surface area contributed by atoms with Crippen molar-refractivity contribution in [1.82, 2.24) is 5.32 Å². The van der Waals surface area contributed by atoms with Crippen LogP contribution in [0.25, 0.3) is 0 Å². The van der Waals surface area contributed by atoms with Gasteiger partial charge in [0.2, 0.25) is 0 Å². The summed E-state index contributed by atoms with van der Waals surface area (Å²) in [5.41, 5.74) is 2.13. The Bertz CT molecular complexity index is 335. The number of fused-ring (bicyclic) bond motifs is 1. The fourth-order valence-corrected chi connectivity index (χ4v) is 2.44. The summed E-state index contributed by atoms with van der Waals surface area (Å²) >= 11 is 0. The Kier molecular flexibility index (Phi) is 2.55. The third kappa shape index (κ3) is 1.44. The van der Waals surface area contributed by atoms with Gasteiger partial charge in [-0.05, 0) is 42.5 Å². The molecule has 1 aliphatic rings. The highest BCUT2D eigenvalue weighted by Crippen LogP contribution is 2.38. The molecule has 0 saturated carbocycles. The number of nitrogens with one attached hydrogen (secondary N) is 1. The molecule has 0 aromatic heterocycles. The molecule has 2 atom stereocenters. The lowest BCUT2D eigenvalue weighted by molar-refractivity contribution is 0.478. The van der Waals surface area contributed by atoms with Gasteiger partial charge >= 0.3 is 0 Å². The molecule has 2 heteroatoms. The van der Waals surface area contributed by atoms with Crippen LogP contribution < -0.4 is 5.32 Å². The van der Waals surface area contributed by atoms with E-state index in [0.717, 1.165) is 18.5 Å². The average molecular weight is 193 g/mol. The van der Waals surface area contributed by atoms with Crippen molar-refractivity contribution in [2.24, 2.45) is 5.92 Å². The number of benzene rings is 1. The van der Waals surface area contributed by atoms with Crippen molar-refractivity contribution in [3.8, 4) is 0 Å². The first-order valence-corrected chi connectivity index (χ1v) is 5.16. The van der Waals surface area contributed by atoms with Crippen molar-refractivity contribution >= 4 is 0 Å². The number of rotatable bonds is 2. The second-order valence-corrected chi connectivity index (χ2v) is 4.15. The quantitative estimate of drug-likeness (QED) is 0.760. The van der Waals surface area contributed by atoms with Gasteiger partial charge in [-0.15, -0.1) is 0 Å². The molecule has 1 aromatic rings. The summed E-state index contributed by atoms with van der Waals surface area (Å²) in [5.74, 6) is 0.994. The highest BCUT2D eigenvalue weighted by atomic mass is 19.1. The van der Waals surface area contributed by atoms with E-state index in [1.165, 1.54) is 5.56 Å². The van der Waals surface area contributed by atoms with Gasteiger partial charge < -0.3 is 5.32 Å². The molecule has 0 aliphatic heterocycles. The number of likely N-dealkylation sites (N-methyl/N-ethyl adjacent to an activating group) is 1. The fraction of sp³-hybridized carbons (Fsp3) is 0.500. The SMILES string of the molecule is CNCC1c2cccc(F)c2CC1C. The minimum atomic E-state index is -0.0343. The number of hydrogen-bond donors (Lipinski definition) is 1. The second-order valence-electron chi connectivity index (χ2n) is 4.15. The lowest BCUT2D eigenvalue weighted by Crippen LogP contribution is -2.19. The molecule has 0 spiro atoms. The lowest BCUT2D eigenvalue weighted by atomic mass is 9.94. The molecule has 2 unspecified atom stereocenters. The zero-order valence-corrected chi connectivity index (χ0v) is 8.68. The van der Waals surface area contributed by atoms with Crippen LogP contribution in [-0.2, 0) is 6.42 Å². The van der Waals surface area contributed by atoms with Gasteiger partial charge in [0.05, 0.1) is 0 Å². The summed E-state index contributed by atoms with van der Waals surface area (Å²) in [4.78, 5) is 0. The van der Waals surface area contributed by atoms with Gasteiger partial charge in [-0.25, -0.2) is 4.39 Å². The van der Waals surface area contributed by atoms with Crippen LogP contribution in [0.2, 0.25) is 0 Å². The standard InChI is InChI=1S/C12H16FN/c1-8-6-10-9(11(8)7-14-2)4-3-5-12(10)13/h3-5,8,11,14H,6-7H2,1-2H3. The molecule has 1 nitrogen and oxygen atoms in total. The molecule has 0 radical (unpaired) electrons. The van der Waals surface area contributed by atoms with Gasteiger partial charge in [0.1, 0.15) is 5.82 Å². The number of hydrogen-bond acceptors (Lipinski definition) is 1. The van der Waals surface area contributed by atoms with E-state index in [0.29, 0.717) is 11.8 Å². The zero-order chi connectivity index (χ0) is 10.1. The average Bonchev–Trinajstić information content (AvgIpc) is 2.47. The third-order valence-electron chi connectivity index (χ3n) is 3.19. The van der Waals surface area contributed by atoms with Crippen molar-refractivity contribution in [3.63, 3.8) is 0 Å². The van der Waals surface area contributed by atoms with E-state index in [1.54, 1.807) is 6.07 Å². The maximum Gasteiger partial charge on any atom is 0.126 e. The molecule has 1 N–H and O–H groups in total. The Labute approximate surface area is 84.3 Å². The lowest BCUT2D eigenvalue weighted by Gasteiger charge is -2.15. The van der Waals surface area contributed by atoms with Gasteiger partial charge in [-0.3, -0.25) is 0 Å². The Morgan fingerprint density at radius 3 is 3.00 bits per heavy atom. The van der Waals surface area contributed by atoms with E-state index in [2.05, 4.69) is 18.3 Å². The van der Waals surface area contributed by atoms with Crippen molar-refractivity contribution in [2.75, 3.05) is 13.6 Å². The minimum absolute atomic E-state index is 0.0343. The summed E-state index contributed by atoms with van der Waals surface area (Å²) in [5, 5.41) is 3.18. The second kappa shape index (κ2) is 3.70. The molecule has 0 heterocycles. The molecule has 1 aliphatic carbocycles. The van der Waals surface area contributed by atoms with Gasteiger partial charge in [0.15, 0.2) is 0 Å². The van der Waals surface area contributed by atoms with E-state index in [9.17, 15) is 4.39 Å². The van der Waals surface area contributed by atoms with E-state index in [4.69, 9.17) is 0 Å². The normalized spacial score (nSPS) is 25.1. The van der Waals surface area contributed by atoms with Crippen LogP contribution >= 0.6 is 0 Å². The van der Waals surface area contributed by atoms with Gasteiger partial charge in [-0.2, -0.15) is 0 Å². The van der Waals surface area contributed by atoms with Crippen LogP contribution in [0.5, 0.6) is 0 Å². The first kappa shape index (κ1) is 9.66. The topological polar surface area (TPSA) is 12.0 Å². The predicted octanol–water partition coefficient (Wildman–Crippen LogP) is 2.32. The first-order valence-electron chi connectivity index (χ1n) is 5.16. The van der Waals surface area contributed by atoms with Crippen molar-refractivity contribution in [3.05, 3.63) is 35.1 Å². The van der Waals surface area contributed by atoms with E-state index in [-0.39, 0.29) is 5.82 Å². The third-order valence-corrected chi connectivity index (χ3v) is 3.19. The van der Waals surface area contributed by atoms with Gasteiger partial charge in [0, 0.05) is 6.54 Å². The monoisotopic (exact) mass is 193 g/mol. The zero-order valence-electron chi connectivity index (χ0n) is 8.68. The summed E-state index contributed by atoms with van der Waals surface area (Å²) in [6.07, 6.45) is 0.883. The minimum Gasteiger partial charge on any atom is -0.319 e. The maximum absolute atomic E-state index is 13.5. The smallest absolute Gasteiger partial charge is 0.126 e. The summed E-state index contributed by atoms with van der Waals surface area (Å²) in [7, 11) is 1.95. The van der Waals surface area contributed by atoms with Crippen LogP contribution in [-0.4, -0.2) is 13.6 Å². The molecule has 0 saturated heterocycles. The molecule has 0 fully saturated rings. The van der Waals surface area contributed by atoms with Crippen LogP contribution in [0.3, 0.4) is 0 Å². The van der Waals surface area contributed by atoms with Crippen molar-refractivity contribution < 1.29 is 4.39 Å². The summed E-state index contributed by atoms with van der Waals surface area (Å²) < 4.78 is 13.5. The van der Waals surface area contributed by atoms with Gasteiger partial charge in [0.25, 0.3) is 0 Å². The fourth-order valence-electron chi connectivity index (χ4n) is 2.44. The first-order chi connectivity index (χ1) is 6.74. The van der Waals surface area contributed by atoms with Crippen molar-refractivity contribution in [1.29, 1.82) is 0 Å². The van der Waals surface area contributed by atoms with Crippen LogP contribution in [0.15, 0.2) is 18.2 Å². The Hall–Kier alpha value is -0.890. The van der Waals surface area contributed by atoms with E-state index < -0.39 is 0 Å². The van der Waals surface area contributed by atoms with Crippen LogP contribution in [0.4, 0.5) is 4.39 Å². The molecule has 14 heavy (non-hydrogen) atoms. The largest absolute Gasteiger partial charge is 0.319 e. The Morgan fingerprint density at radius 1 is 1.50 bits per heavy atom. The molecule has 0 amide bonds. The molecular weight excluding hydrogens is 177 g/mol. The van der Waals surface area contributed by atoms with Crippen molar-refractivity contribution in [2.45, 2.75) is 19.3 Å². The molecular formula is C12H16FN. The maximum atomic E-state index is 13.5. The Balaban J connectivity index is 2.37. The molecule has 0 bridgehead atoms. The molecule has 76 valence electrons.